The average Bonchev–Trinajstić information content (AvgIpc) is 2.65. The summed E-state index contributed by atoms with van der Waals surface area (Å²) in [5.74, 6) is 0. The molecule has 0 saturated heterocycles. The average molecular weight is 203 g/mol. The molecular weight excluding hydrogens is 184 g/mol. The first-order valence-corrected chi connectivity index (χ1v) is 5.66. The van der Waals surface area contributed by atoms with Gasteiger partial charge >= 0.3 is 0 Å². The third kappa shape index (κ3) is 2.58. The Labute approximate surface area is 91.5 Å². The monoisotopic (exact) mass is 203 g/mol. The Bertz CT molecular complexity index is 396. The number of imidazole rings is 1. The lowest BCUT2D eigenvalue weighted by Crippen LogP contribution is -2.32. The van der Waals surface area contributed by atoms with E-state index in [0.717, 1.165) is 6.54 Å². The molecule has 0 atom stereocenters. The first-order valence-electron chi connectivity index (χ1n) is 5.66. The standard InChI is InChI=1S/C13H19N2/c1-3-12-4-6-13(7-5-12)10-15-9-8-14(2)11-15/h4,6,8-9,11H,3,5,7,10H2,1-2H3/q+1. The van der Waals surface area contributed by atoms with Crippen molar-refractivity contribution < 1.29 is 4.57 Å². The third-order valence-electron chi connectivity index (χ3n) is 2.99. The molecule has 0 N–H and O–H groups in total. The van der Waals surface area contributed by atoms with Crippen LogP contribution in [-0.2, 0) is 13.6 Å². The van der Waals surface area contributed by atoms with Gasteiger partial charge in [-0.1, -0.05) is 24.6 Å². The molecule has 0 spiro atoms. The van der Waals surface area contributed by atoms with Crippen LogP contribution in [0.2, 0.25) is 0 Å². The zero-order valence-corrected chi connectivity index (χ0v) is 9.61. The van der Waals surface area contributed by atoms with Gasteiger partial charge in [0.05, 0.1) is 7.05 Å². The maximum absolute atomic E-state index is 2.29. The second-order valence-corrected chi connectivity index (χ2v) is 4.25. The molecule has 1 aromatic rings. The normalized spacial score (nSPS) is 16.1. The van der Waals surface area contributed by atoms with Gasteiger partial charge in [0.2, 0.25) is 6.33 Å². The van der Waals surface area contributed by atoms with Gasteiger partial charge in [0, 0.05) is 0 Å². The van der Waals surface area contributed by atoms with Crippen LogP contribution in [0.5, 0.6) is 0 Å². The van der Waals surface area contributed by atoms with Gasteiger partial charge in [0.25, 0.3) is 0 Å². The number of rotatable bonds is 3. The Kier molecular flexibility index (Phi) is 3.05. The van der Waals surface area contributed by atoms with Gasteiger partial charge in [-0.3, -0.25) is 0 Å². The van der Waals surface area contributed by atoms with Crippen molar-refractivity contribution in [1.29, 1.82) is 0 Å². The van der Waals surface area contributed by atoms with E-state index in [-0.39, 0.29) is 0 Å². The highest BCUT2D eigenvalue weighted by molar-refractivity contribution is 5.22. The first-order chi connectivity index (χ1) is 7.28. The fraction of sp³-hybridized carbons (Fsp3) is 0.462. The molecule has 0 radical (unpaired) electrons. The highest BCUT2D eigenvalue weighted by atomic mass is 15.1. The van der Waals surface area contributed by atoms with Crippen molar-refractivity contribution in [3.05, 3.63) is 42.0 Å². The number of allylic oxidation sites excluding steroid dienone is 4. The summed E-state index contributed by atoms with van der Waals surface area (Å²) in [6.45, 7) is 3.27. The summed E-state index contributed by atoms with van der Waals surface area (Å²) in [4.78, 5) is 0. The van der Waals surface area contributed by atoms with Gasteiger partial charge in [0.15, 0.2) is 0 Å². The molecule has 80 valence electrons. The van der Waals surface area contributed by atoms with Crippen molar-refractivity contribution in [2.45, 2.75) is 32.7 Å². The van der Waals surface area contributed by atoms with Crippen LogP contribution in [-0.4, -0.2) is 4.57 Å². The Hall–Kier alpha value is -1.31. The Balaban J connectivity index is 2.02. The lowest BCUT2D eigenvalue weighted by Gasteiger charge is -2.11. The van der Waals surface area contributed by atoms with Crippen molar-refractivity contribution in [2.24, 2.45) is 7.05 Å². The SMILES string of the molecule is CCC1=CC=C(C[n+]2ccn(C)c2)CC1. The second-order valence-electron chi connectivity index (χ2n) is 4.25. The van der Waals surface area contributed by atoms with E-state index >= 15 is 0 Å². The van der Waals surface area contributed by atoms with Crippen molar-refractivity contribution in [3.63, 3.8) is 0 Å². The molecular formula is C13H19N2+. The van der Waals surface area contributed by atoms with Gasteiger partial charge in [-0.25, -0.2) is 9.13 Å². The second kappa shape index (κ2) is 4.47. The minimum Gasteiger partial charge on any atom is -0.240 e. The molecule has 15 heavy (non-hydrogen) atoms. The molecule has 1 aromatic heterocycles. The van der Waals surface area contributed by atoms with Crippen LogP contribution in [0.3, 0.4) is 0 Å². The van der Waals surface area contributed by atoms with Crippen LogP contribution >= 0.6 is 0 Å². The molecule has 0 amide bonds. The van der Waals surface area contributed by atoms with Gasteiger partial charge in [0.1, 0.15) is 18.9 Å². The molecule has 2 heteroatoms. The van der Waals surface area contributed by atoms with Crippen LogP contribution in [0.15, 0.2) is 42.0 Å². The van der Waals surface area contributed by atoms with Gasteiger partial charge in [-0.2, -0.15) is 0 Å². The minimum absolute atomic E-state index is 1.04. The Morgan fingerprint density at radius 2 is 2.00 bits per heavy atom. The topological polar surface area (TPSA) is 8.81 Å². The molecule has 0 saturated carbocycles. The lowest BCUT2D eigenvalue weighted by molar-refractivity contribution is -0.688. The van der Waals surface area contributed by atoms with Crippen molar-refractivity contribution in [2.75, 3.05) is 0 Å². The molecule has 0 aromatic carbocycles. The van der Waals surface area contributed by atoms with Gasteiger partial charge < -0.3 is 0 Å². The number of nitrogens with zero attached hydrogens (tertiary/aromatic N) is 2. The van der Waals surface area contributed by atoms with E-state index in [1.165, 1.54) is 24.8 Å². The molecule has 0 fully saturated rings. The van der Waals surface area contributed by atoms with Crippen LogP contribution < -0.4 is 4.57 Å². The molecule has 0 unspecified atom stereocenters. The summed E-state index contributed by atoms with van der Waals surface area (Å²) in [6.07, 6.45) is 14.6. The summed E-state index contributed by atoms with van der Waals surface area (Å²) in [6, 6.07) is 0. The molecule has 2 nitrogen and oxygen atoms in total. The number of aryl methyl sites for hydroxylation is 1. The number of hydrogen-bond donors (Lipinski definition) is 0. The summed E-state index contributed by atoms with van der Waals surface area (Å²) in [5.41, 5.74) is 3.11. The van der Waals surface area contributed by atoms with E-state index in [0.29, 0.717) is 0 Å². The van der Waals surface area contributed by atoms with Crippen LogP contribution in [0.25, 0.3) is 0 Å². The summed E-state index contributed by atoms with van der Waals surface area (Å²) in [5, 5.41) is 0. The predicted molar refractivity (Wildman–Crippen MR) is 61.3 cm³/mol. The number of aromatic nitrogens is 2. The summed E-state index contributed by atoms with van der Waals surface area (Å²) in [7, 11) is 2.06. The fourth-order valence-corrected chi connectivity index (χ4v) is 1.98. The highest BCUT2D eigenvalue weighted by Gasteiger charge is 2.08. The predicted octanol–water partition coefficient (Wildman–Crippen LogP) is 2.37. The molecule has 1 aliphatic rings. The fourth-order valence-electron chi connectivity index (χ4n) is 1.98. The van der Waals surface area contributed by atoms with Crippen LogP contribution in [0.4, 0.5) is 0 Å². The smallest absolute Gasteiger partial charge is 0.240 e. The van der Waals surface area contributed by atoms with E-state index in [9.17, 15) is 0 Å². The van der Waals surface area contributed by atoms with Gasteiger partial charge in [-0.15, -0.1) is 0 Å². The Morgan fingerprint density at radius 3 is 2.53 bits per heavy atom. The summed E-state index contributed by atoms with van der Waals surface area (Å²) >= 11 is 0. The summed E-state index contributed by atoms with van der Waals surface area (Å²) < 4.78 is 4.31. The minimum atomic E-state index is 1.04. The van der Waals surface area contributed by atoms with E-state index in [1.54, 1.807) is 5.57 Å². The maximum atomic E-state index is 2.29. The van der Waals surface area contributed by atoms with E-state index in [4.69, 9.17) is 0 Å². The zero-order chi connectivity index (χ0) is 10.7. The largest absolute Gasteiger partial charge is 0.243 e. The molecule has 1 heterocycles. The van der Waals surface area contributed by atoms with Crippen molar-refractivity contribution >= 4 is 0 Å². The lowest BCUT2D eigenvalue weighted by atomic mass is 9.97. The molecule has 1 aliphatic carbocycles. The highest BCUT2D eigenvalue weighted by Crippen LogP contribution is 2.20. The molecule has 0 bridgehead atoms. The van der Waals surface area contributed by atoms with Crippen molar-refractivity contribution in [1.82, 2.24) is 4.57 Å². The zero-order valence-electron chi connectivity index (χ0n) is 9.61. The van der Waals surface area contributed by atoms with E-state index in [1.807, 2.05) is 0 Å². The van der Waals surface area contributed by atoms with Gasteiger partial charge in [-0.05, 0) is 24.8 Å². The van der Waals surface area contributed by atoms with Crippen molar-refractivity contribution in [3.8, 4) is 0 Å². The van der Waals surface area contributed by atoms with Crippen LogP contribution in [0, 0.1) is 0 Å². The number of hydrogen-bond acceptors (Lipinski definition) is 0. The maximum Gasteiger partial charge on any atom is 0.243 e. The first kappa shape index (κ1) is 10.2. The van der Waals surface area contributed by atoms with E-state index < -0.39 is 0 Å². The Morgan fingerprint density at radius 1 is 1.27 bits per heavy atom. The quantitative estimate of drug-likeness (QED) is 0.667. The molecule has 2 rings (SSSR count). The molecule has 0 aliphatic heterocycles. The third-order valence-corrected chi connectivity index (χ3v) is 2.99. The van der Waals surface area contributed by atoms with E-state index in [2.05, 4.69) is 54.0 Å². The van der Waals surface area contributed by atoms with Crippen LogP contribution in [0.1, 0.15) is 26.2 Å².